The second kappa shape index (κ2) is 6.51. The first kappa shape index (κ1) is 16.9. The Hall–Kier alpha value is -2.95. The molecule has 0 aromatic heterocycles. The highest BCUT2D eigenvalue weighted by Gasteiger charge is 2.27. The van der Waals surface area contributed by atoms with Crippen LogP contribution in [0.15, 0.2) is 64.3 Å². The number of fused-ring (bicyclic) bond motifs is 1. The van der Waals surface area contributed by atoms with Gasteiger partial charge in [0.1, 0.15) is 0 Å². The predicted octanol–water partition coefficient (Wildman–Crippen LogP) is 2.87. The molecule has 3 rings (SSSR count). The lowest BCUT2D eigenvalue weighted by atomic mass is 9.85. The Balaban J connectivity index is 1.88. The molecule has 1 aromatic carbocycles. The minimum Gasteiger partial charge on any atom is -0.378 e. The van der Waals surface area contributed by atoms with Gasteiger partial charge in [0.2, 0.25) is 0 Å². The summed E-state index contributed by atoms with van der Waals surface area (Å²) in [4.78, 5) is 30.6. The third-order valence-electron chi connectivity index (χ3n) is 4.59. The number of nitrogens with one attached hydrogen (secondary N) is 1. The Labute approximate surface area is 147 Å². The van der Waals surface area contributed by atoms with Crippen molar-refractivity contribution in [3.05, 3.63) is 64.9 Å². The van der Waals surface area contributed by atoms with E-state index in [2.05, 4.69) is 10.3 Å². The van der Waals surface area contributed by atoms with Crippen molar-refractivity contribution in [2.75, 3.05) is 19.0 Å². The number of hydrogen-bond acceptors (Lipinski definition) is 3. The van der Waals surface area contributed by atoms with Gasteiger partial charge in [-0.1, -0.05) is 17.7 Å². The summed E-state index contributed by atoms with van der Waals surface area (Å²) in [6, 6.07) is 7.34. The molecule has 5 heteroatoms. The van der Waals surface area contributed by atoms with E-state index in [1.807, 2.05) is 63.2 Å². The van der Waals surface area contributed by atoms with Crippen LogP contribution in [0.2, 0.25) is 0 Å². The number of nitrogens with zero attached hydrogens (tertiary/aromatic N) is 2. The fourth-order valence-electron chi connectivity index (χ4n) is 2.89. The molecule has 2 amide bonds. The van der Waals surface area contributed by atoms with Crippen molar-refractivity contribution in [2.45, 2.75) is 13.8 Å². The lowest BCUT2D eigenvalue weighted by Gasteiger charge is -2.28. The van der Waals surface area contributed by atoms with Crippen LogP contribution >= 0.6 is 0 Å². The van der Waals surface area contributed by atoms with Gasteiger partial charge in [0.05, 0.1) is 5.71 Å². The van der Waals surface area contributed by atoms with Crippen LogP contribution in [0.25, 0.3) is 0 Å². The number of hydrogen-bond donors (Lipinski definition) is 1. The Morgan fingerprint density at radius 3 is 2.72 bits per heavy atom. The summed E-state index contributed by atoms with van der Waals surface area (Å²) in [5.41, 5.74) is 4.55. The molecule has 1 atom stereocenters. The maximum atomic E-state index is 12.5. The van der Waals surface area contributed by atoms with Gasteiger partial charge < -0.3 is 10.2 Å². The van der Waals surface area contributed by atoms with E-state index in [4.69, 9.17) is 0 Å². The minimum absolute atomic E-state index is 0.0452. The van der Waals surface area contributed by atoms with Gasteiger partial charge in [0, 0.05) is 42.5 Å². The zero-order chi connectivity index (χ0) is 18.1. The zero-order valence-electron chi connectivity index (χ0n) is 14.8. The quantitative estimate of drug-likeness (QED) is 0.904. The lowest BCUT2D eigenvalue weighted by Crippen LogP contribution is -2.35. The van der Waals surface area contributed by atoms with Gasteiger partial charge in [0.25, 0.3) is 11.8 Å². The first-order valence-corrected chi connectivity index (χ1v) is 8.15. The number of carbonyl (C=O) groups excluding carboxylic acids is 2. The number of allylic oxidation sites excluding steroid dienone is 3. The van der Waals surface area contributed by atoms with E-state index >= 15 is 0 Å². The van der Waals surface area contributed by atoms with Crippen LogP contribution in [0.3, 0.4) is 0 Å². The molecule has 25 heavy (non-hydrogen) atoms. The van der Waals surface area contributed by atoms with E-state index in [-0.39, 0.29) is 17.7 Å². The summed E-state index contributed by atoms with van der Waals surface area (Å²) < 4.78 is 0. The third-order valence-corrected chi connectivity index (χ3v) is 4.59. The van der Waals surface area contributed by atoms with Gasteiger partial charge in [-0.15, -0.1) is 0 Å². The maximum absolute atomic E-state index is 12.5. The van der Waals surface area contributed by atoms with Gasteiger partial charge in [-0.2, -0.15) is 0 Å². The summed E-state index contributed by atoms with van der Waals surface area (Å²) in [6.45, 7) is 3.77. The number of rotatable bonds is 2. The summed E-state index contributed by atoms with van der Waals surface area (Å²) in [6.07, 6.45) is 5.57. The van der Waals surface area contributed by atoms with Crippen molar-refractivity contribution in [1.82, 2.24) is 5.32 Å². The van der Waals surface area contributed by atoms with Crippen molar-refractivity contribution in [2.24, 2.45) is 10.9 Å². The zero-order valence-corrected chi connectivity index (χ0v) is 14.8. The second-order valence-corrected chi connectivity index (χ2v) is 6.49. The van der Waals surface area contributed by atoms with Crippen LogP contribution in [0.4, 0.5) is 5.69 Å². The van der Waals surface area contributed by atoms with Crippen molar-refractivity contribution in [3.63, 3.8) is 0 Å². The standard InChI is InChI=1S/C20H21N3O2/c1-12-13(2)19(24)22-18-11-15(8-9-17(12)18)21-20(25)14-6-5-7-16(10-14)23(3)4/h5-11,17H,1-4H3,(H,22,24). The van der Waals surface area contributed by atoms with E-state index in [9.17, 15) is 9.59 Å². The van der Waals surface area contributed by atoms with Crippen LogP contribution in [0, 0.1) is 5.92 Å². The van der Waals surface area contributed by atoms with Gasteiger partial charge in [0.15, 0.2) is 0 Å². The largest absolute Gasteiger partial charge is 0.378 e. The first-order chi connectivity index (χ1) is 11.9. The first-order valence-electron chi connectivity index (χ1n) is 8.15. The molecule has 5 nitrogen and oxygen atoms in total. The molecular weight excluding hydrogens is 314 g/mol. The molecule has 0 saturated carbocycles. The van der Waals surface area contributed by atoms with E-state index < -0.39 is 0 Å². The summed E-state index contributed by atoms with van der Waals surface area (Å²) in [7, 11) is 3.85. The van der Waals surface area contributed by atoms with Crippen molar-refractivity contribution in [1.29, 1.82) is 0 Å². The SMILES string of the molecule is CC1=C(C)C2C=CC(=NC(=O)c3cccc(N(C)C)c3)C=C2NC1=O. The molecule has 0 bridgehead atoms. The molecule has 0 fully saturated rings. The maximum Gasteiger partial charge on any atom is 0.277 e. The number of aliphatic imine (C=N–C) groups is 1. The Bertz CT molecular complexity index is 873. The third kappa shape index (κ3) is 3.31. The normalized spacial score (nSPS) is 21.0. The molecule has 0 spiro atoms. The lowest BCUT2D eigenvalue weighted by molar-refractivity contribution is -0.117. The van der Waals surface area contributed by atoms with Gasteiger partial charge >= 0.3 is 0 Å². The molecule has 128 valence electrons. The highest BCUT2D eigenvalue weighted by Crippen LogP contribution is 2.29. The van der Waals surface area contributed by atoms with Crippen molar-refractivity contribution >= 4 is 23.2 Å². The van der Waals surface area contributed by atoms with Gasteiger partial charge in [-0.25, -0.2) is 4.99 Å². The highest BCUT2D eigenvalue weighted by molar-refractivity contribution is 6.14. The second-order valence-electron chi connectivity index (χ2n) is 6.49. The Kier molecular flexibility index (Phi) is 4.40. The summed E-state index contributed by atoms with van der Waals surface area (Å²) in [5.74, 6) is -0.354. The Morgan fingerprint density at radius 2 is 2.00 bits per heavy atom. The van der Waals surface area contributed by atoms with E-state index in [0.717, 1.165) is 22.5 Å². The predicted molar refractivity (Wildman–Crippen MR) is 99.8 cm³/mol. The summed E-state index contributed by atoms with van der Waals surface area (Å²) in [5, 5.41) is 2.88. The van der Waals surface area contributed by atoms with Gasteiger partial charge in [-0.05, 0) is 44.2 Å². The van der Waals surface area contributed by atoms with Crippen LogP contribution < -0.4 is 10.2 Å². The molecular formula is C20H21N3O2. The van der Waals surface area contributed by atoms with E-state index in [0.29, 0.717) is 11.3 Å². The number of carbonyl (C=O) groups is 2. The topological polar surface area (TPSA) is 61.8 Å². The highest BCUT2D eigenvalue weighted by atomic mass is 16.2. The fraction of sp³-hybridized carbons (Fsp3) is 0.250. The minimum atomic E-state index is -0.302. The molecule has 1 aliphatic heterocycles. The van der Waals surface area contributed by atoms with E-state index in [1.54, 1.807) is 12.1 Å². The average molecular weight is 335 g/mol. The smallest absolute Gasteiger partial charge is 0.277 e. The van der Waals surface area contributed by atoms with Crippen LogP contribution in [-0.2, 0) is 4.79 Å². The molecule has 1 heterocycles. The molecule has 1 N–H and O–H groups in total. The molecule has 1 aromatic rings. The van der Waals surface area contributed by atoms with Crippen LogP contribution in [0.5, 0.6) is 0 Å². The molecule has 1 aliphatic carbocycles. The molecule has 0 radical (unpaired) electrons. The molecule has 1 unspecified atom stereocenters. The monoisotopic (exact) mass is 335 g/mol. The van der Waals surface area contributed by atoms with Crippen LogP contribution in [0.1, 0.15) is 24.2 Å². The Morgan fingerprint density at radius 1 is 1.24 bits per heavy atom. The average Bonchev–Trinajstić information content (AvgIpc) is 2.59. The van der Waals surface area contributed by atoms with Crippen molar-refractivity contribution < 1.29 is 9.59 Å². The number of amides is 2. The van der Waals surface area contributed by atoms with Crippen molar-refractivity contribution in [3.8, 4) is 0 Å². The van der Waals surface area contributed by atoms with Crippen LogP contribution in [-0.4, -0.2) is 31.6 Å². The number of benzene rings is 1. The molecule has 2 aliphatic rings. The summed E-state index contributed by atoms with van der Waals surface area (Å²) >= 11 is 0. The molecule has 0 saturated heterocycles. The number of anilines is 1. The fourth-order valence-corrected chi connectivity index (χ4v) is 2.89. The van der Waals surface area contributed by atoms with Gasteiger partial charge in [-0.3, -0.25) is 9.59 Å². The van der Waals surface area contributed by atoms with E-state index in [1.165, 1.54) is 0 Å².